The smallest absolute Gasteiger partial charge is 0.255 e. The first-order valence-corrected chi connectivity index (χ1v) is 5.60. The second-order valence-electron chi connectivity index (χ2n) is 3.74. The van der Waals surface area contributed by atoms with Gasteiger partial charge < -0.3 is 10.4 Å². The van der Waals surface area contributed by atoms with E-state index in [0.717, 1.165) is 18.2 Å². The normalized spacial score (nSPS) is 10.3. The van der Waals surface area contributed by atoms with Crippen LogP contribution < -0.4 is 5.32 Å². The van der Waals surface area contributed by atoms with Crippen LogP contribution in [0.4, 0.5) is 14.5 Å². The number of rotatable bonds is 2. The van der Waals surface area contributed by atoms with Crippen molar-refractivity contribution >= 4 is 23.2 Å². The number of benzene rings is 2. The van der Waals surface area contributed by atoms with Crippen LogP contribution in [0.3, 0.4) is 0 Å². The molecule has 2 aromatic carbocycles. The van der Waals surface area contributed by atoms with Crippen molar-refractivity contribution in [1.29, 1.82) is 0 Å². The van der Waals surface area contributed by atoms with E-state index in [-0.39, 0.29) is 17.0 Å². The Hall–Kier alpha value is -2.14. The second kappa shape index (κ2) is 5.24. The third-order valence-corrected chi connectivity index (χ3v) is 2.62. The van der Waals surface area contributed by atoms with Crippen molar-refractivity contribution in [2.24, 2.45) is 0 Å². The number of hydrogen-bond acceptors (Lipinski definition) is 2. The van der Waals surface area contributed by atoms with Crippen LogP contribution in [0.5, 0.6) is 5.75 Å². The lowest BCUT2D eigenvalue weighted by Crippen LogP contribution is -2.12. The van der Waals surface area contributed by atoms with Gasteiger partial charge >= 0.3 is 0 Å². The van der Waals surface area contributed by atoms with Gasteiger partial charge in [-0.1, -0.05) is 11.6 Å². The molecule has 0 aliphatic rings. The maximum Gasteiger partial charge on any atom is 0.255 e. The molecule has 0 unspecified atom stereocenters. The Morgan fingerprint density at radius 2 is 1.84 bits per heavy atom. The highest BCUT2D eigenvalue weighted by atomic mass is 35.5. The summed E-state index contributed by atoms with van der Waals surface area (Å²) in [4.78, 5) is 11.8. The van der Waals surface area contributed by atoms with E-state index in [4.69, 9.17) is 11.6 Å². The van der Waals surface area contributed by atoms with E-state index in [1.807, 2.05) is 0 Å². The molecule has 0 saturated carbocycles. The van der Waals surface area contributed by atoms with E-state index in [9.17, 15) is 18.7 Å². The summed E-state index contributed by atoms with van der Waals surface area (Å²) in [7, 11) is 0. The topological polar surface area (TPSA) is 49.3 Å². The second-order valence-corrected chi connectivity index (χ2v) is 4.18. The number of phenols is 1. The summed E-state index contributed by atoms with van der Waals surface area (Å²) < 4.78 is 25.7. The number of carbonyl (C=O) groups is 1. The summed E-state index contributed by atoms with van der Waals surface area (Å²) in [5, 5.41) is 12.2. The number of phenolic OH excluding ortho intramolecular Hbond substituents is 1. The average Bonchev–Trinajstić information content (AvgIpc) is 2.37. The van der Waals surface area contributed by atoms with Crippen LogP contribution in [0.15, 0.2) is 36.4 Å². The maximum absolute atomic E-state index is 13.0. The van der Waals surface area contributed by atoms with Gasteiger partial charge in [0.25, 0.3) is 5.91 Å². The van der Waals surface area contributed by atoms with Gasteiger partial charge in [0.1, 0.15) is 5.75 Å². The molecule has 0 aliphatic carbocycles. The van der Waals surface area contributed by atoms with Gasteiger partial charge in [0.05, 0.1) is 5.69 Å². The fourth-order valence-corrected chi connectivity index (χ4v) is 1.61. The van der Waals surface area contributed by atoms with Crippen LogP contribution in [0.2, 0.25) is 5.02 Å². The summed E-state index contributed by atoms with van der Waals surface area (Å²) in [5.41, 5.74) is 0.0144. The lowest BCUT2D eigenvalue weighted by atomic mass is 10.2. The van der Waals surface area contributed by atoms with Crippen molar-refractivity contribution in [2.45, 2.75) is 0 Å². The molecule has 0 heterocycles. The monoisotopic (exact) mass is 283 g/mol. The van der Waals surface area contributed by atoms with Crippen LogP contribution in [0.1, 0.15) is 10.4 Å². The lowest BCUT2D eigenvalue weighted by Gasteiger charge is -2.08. The number of halogens is 3. The molecular formula is C13H8ClF2NO2. The number of nitrogens with one attached hydrogen (secondary N) is 1. The number of hydrogen-bond donors (Lipinski definition) is 2. The van der Waals surface area contributed by atoms with Gasteiger partial charge in [0, 0.05) is 10.6 Å². The maximum atomic E-state index is 13.0. The molecule has 98 valence electrons. The number of amides is 1. The van der Waals surface area contributed by atoms with E-state index < -0.39 is 17.5 Å². The van der Waals surface area contributed by atoms with Crippen LogP contribution in [0.25, 0.3) is 0 Å². The molecule has 6 heteroatoms. The Balaban J connectivity index is 2.25. The van der Waals surface area contributed by atoms with Crippen molar-refractivity contribution in [3.05, 3.63) is 58.6 Å². The quantitative estimate of drug-likeness (QED) is 0.828. The molecule has 0 bridgehead atoms. The Kier molecular flexibility index (Phi) is 3.66. The molecule has 2 N–H and O–H groups in total. The number of aromatic hydroxyl groups is 1. The van der Waals surface area contributed by atoms with E-state index >= 15 is 0 Å². The van der Waals surface area contributed by atoms with Gasteiger partial charge in [-0.3, -0.25) is 4.79 Å². The van der Waals surface area contributed by atoms with Crippen LogP contribution >= 0.6 is 11.6 Å². The molecule has 0 fully saturated rings. The molecule has 0 aromatic heterocycles. The zero-order chi connectivity index (χ0) is 14.0. The molecule has 2 rings (SSSR count). The predicted molar refractivity (Wildman–Crippen MR) is 67.4 cm³/mol. The Morgan fingerprint density at radius 1 is 1.11 bits per heavy atom. The Labute approximate surface area is 112 Å². The molecule has 0 atom stereocenters. The van der Waals surface area contributed by atoms with E-state index in [2.05, 4.69) is 5.32 Å². The number of carbonyl (C=O) groups excluding carboxylic acids is 1. The summed E-state index contributed by atoms with van der Waals surface area (Å²) in [6.07, 6.45) is 0. The van der Waals surface area contributed by atoms with E-state index in [0.29, 0.717) is 5.02 Å². The highest BCUT2D eigenvalue weighted by molar-refractivity contribution is 6.31. The summed E-state index contributed by atoms with van der Waals surface area (Å²) >= 11 is 5.72. The third-order valence-electron chi connectivity index (χ3n) is 2.39. The SMILES string of the molecule is O=C(Nc1cc(Cl)ccc1O)c1ccc(F)c(F)c1. The Morgan fingerprint density at radius 3 is 2.53 bits per heavy atom. The molecule has 1 amide bonds. The first-order chi connectivity index (χ1) is 8.97. The minimum absolute atomic E-state index is 0.0710. The molecule has 2 aromatic rings. The first kappa shape index (κ1) is 13.3. The zero-order valence-electron chi connectivity index (χ0n) is 9.45. The van der Waals surface area contributed by atoms with Gasteiger partial charge in [0.2, 0.25) is 0 Å². The third kappa shape index (κ3) is 3.00. The largest absolute Gasteiger partial charge is 0.506 e. The number of anilines is 1. The Bertz CT molecular complexity index is 647. The van der Waals surface area contributed by atoms with Crippen LogP contribution in [-0.2, 0) is 0 Å². The van der Waals surface area contributed by atoms with Gasteiger partial charge in [0.15, 0.2) is 11.6 Å². The minimum Gasteiger partial charge on any atom is -0.506 e. The molecule has 0 saturated heterocycles. The van der Waals surface area contributed by atoms with Gasteiger partial charge in [-0.15, -0.1) is 0 Å². The van der Waals surface area contributed by atoms with Gasteiger partial charge in [-0.2, -0.15) is 0 Å². The molecule has 0 radical (unpaired) electrons. The van der Waals surface area contributed by atoms with Gasteiger partial charge in [-0.05, 0) is 36.4 Å². The summed E-state index contributed by atoms with van der Waals surface area (Å²) in [6.45, 7) is 0. The van der Waals surface area contributed by atoms with Crippen LogP contribution in [-0.4, -0.2) is 11.0 Å². The predicted octanol–water partition coefficient (Wildman–Crippen LogP) is 3.58. The van der Waals surface area contributed by atoms with E-state index in [1.54, 1.807) is 0 Å². The van der Waals surface area contributed by atoms with Crippen molar-refractivity contribution < 1.29 is 18.7 Å². The van der Waals surface area contributed by atoms with Crippen molar-refractivity contribution in [2.75, 3.05) is 5.32 Å². The zero-order valence-corrected chi connectivity index (χ0v) is 10.2. The first-order valence-electron chi connectivity index (χ1n) is 5.22. The molecule has 0 spiro atoms. The fourth-order valence-electron chi connectivity index (χ4n) is 1.44. The van der Waals surface area contributed by atoms with E-state index in [1.165, 1.54) is 18.2 Å². The van der Waals surface area contributed by atoms with Crippen molar-refractivity contribution in [3.63, 3.8) is 0 Å². The molecule has 3 nitrogen and oxygen atoms in total. The highest BCUT2D eigenvalue weighted by Gasteiger charge is 2.12. The minimum atomic E-state index is -1.12. The summed E-state index contributed by atoms with van der Waals surface area (Å²) in [5.74, 6) is -3.03. The fraction of sp³-hybridized carbons (Fsp3) is 0. The highest BCUT2D eigenvalue weighted by Crippen LogP contribution is 2.27. The molecule has 19 heavy (non-hydrogen) atoms. The lowest BCUT2D eigenvalue weighted by molar-refractivity contribution is 0.102. The summed E-state index contributed by atoms with van der Waals surface area (Å²) in [6, 6.07) is 6.85. The van der Waals surface area contributed by atoms with Crippen molar-refractivity contribution in [1.82, 2.24) is 0 Å². The van der Waals surface area contributed by atoms with Crippen LogP contribution in [0, 0.1) is 11.6 Å². The molecule has 0 aliphatic heterocycles. The standard InChI is InChI=1S/C13H8ClF2NO2/c14-8-2-4-12(18)11(6-8)17-13(19)7-1-3-9(15)10(16)5-7/h1-6,18H,(H,17,19). The molecular weight excluding hydrogens is 276 g/mol. The average molecular weight is 284 g/mol. The van der Waals surface area contributed by atoms with Crippen molar-refractivity contribution in [3.8, 4) is 5.75 Å². The van der Waals surface area contributed by atoms with Gasteiger partial charge in [-0.25, -0.2) is 8.78 Å².